The average Bonchev–Trinajstić information content (AvgIpc) is 3.15. The zero-order chi connectivity index (χ0) is 18.4. The maximum Gasteiger partial charge on any atom is 0.239 e. The smallest absolute Gasteiger partial charge is 0.239 e. The lowest BCUT2D eigenvalue weighted by atomic mass is 10.0. The molecule has 6 heteroatoms. The van der Waals surface area contributed by atoms with Gasteiger partial charge in [-0.1, -0.05) is 18.2 Å². The highest BCUT2D eigenvalue weighted by atomic mass is 16.2. The molecule has 134 valence electrons. The van der Waals surface area contributed by atoms with Crippen molar-refractivity contribution in [3.05, 3.63) is 42.1 Å². The van der Waals surface area contributed by atoms with E-state index in [4.69, 9.17) is 0 Å². The Morgan fingerprint density at radius 2 is 2.12 bits per heavy atom. The highest BCUT2D eigenvalue weighted by Gasteiger charge is 2.15. The first-order valence-electron chi connectivity index (χ1n) is 8.77. The van der Waals surface area contributed by atoms with Crippen LogP contribution in [0, 0.1) is 0 Å². The Hall–Kier alpha value is -2.86. The molecule has 2 aromatic rings. The topological polar surface area (TPSA) is 70.0 Å². The molecule has 1 N–H and O–H groups in total. The number of aromatic nitrogens is 1. The number of fused-ring (bicyclic) bond motifs is 1. The number of carbonyl (C=O) groups excluding carboxylic acids is 1. The van der Waals surface area contributed by atoms with E-state index >= 15 is 0 Å². The number of nitrogens with zero attached hydrogens (tertiary/aromatic N) is 4. The Balaban J connectivity index is 1.79. The molecule has 0 aliphatic carbocycles. The molecule has 1 saturated heterocycles. The van der Waals surface area contributed by atoms with Gasteiger partial charge in [-0.05, 0) is 61.5 Å². The molecule has 1 aromatic carbocycles. The number of hydrogen-bond acceptors (Lipinski definition) is 5. The van der Waals surface area contributed by atoms with Gasteiger partial charge >= 0.3 is 0 Å². The van der Waals surface area contributed by atoms with E-state index in [9.17, 15) is 4.79 Å². The van der Waals surface area contributed by atoms with Gasteiger partial charge in [0.15, 0.2) is 0 Å². The van der Waals surface area contributed by atoms with Gasteiger partial charge in [0.05, 0.1) is 12.8 Å². The molecule has 1 fully saturated rings. The van der Waals surface area contributed by atoms with E-state index in [2.05, 4.69) is 38.2 Å². The van der Waals surface area contributed by atoms with Crippen LogP contribution in [0.4, 0.5) is 5.82 Å². The van der Waals surface area contributed by atoms with Crippen molar-refractivity contribution < 1.29 is 4.79 Å². The molecule has 0 bridgehead atoms. The standard InChI is InChI=1S/C20H23N5O/c1-3-15(13-23-21-2)16-6-7-17-12-22-19(11-18(17)10-16)24-20(26)14-25-8-4-5-9-25/h3,6-7,10-13H,2,4-5,8-9,14H2,1H3,(H,22,24,26)/b15-3+,23-13-. The second-order valence-corrected chi connectivity index (χ2v) is 6.29. The van der Waals surface area contributed by atoms with Crippen molar-refractivity contribution in [3.63, 3.8) is 0 Å². The van der Waals surface area contributed by atoms with Crippen molar-refractivity contribution in [2.45, 2.75) is 19.8 Å². The van der Waals surface area contributed by atoms with Crippen molar-refractivity contribution >= 4 is 41.0 Å². The predicted octanol–water partition coefficient (Wildman–Crippen LogP) is 3.36. The summed E-state index contributed by atoms with van der Waals surface area (Å²) >= 11 is 0. The van der Waals surface area contributed by atoms with Crippen molar-refractivity contribution in [2.75, 3.05) is 25.0 Å². The first kappa shape index (κ1) is 17.9. The van der Waals surface area contributed by atoms with Gasteiger partial charge in [0.2, 0.25) is 5.91 Å². The molecule has 0 atom stereocenters. The van der Waals surface area contributed by atoms with Gasteiger partial charge in [0.25, 0.3) is 0 Å². The van der Waals surface area contributed by atoms with E-state index in [-0.39, 0.29) is 5.91 Å². The molecule has 6 nitrogen and oxygen atoms in total. The fourth-order valence-corrected chi connectivity index (χ4v) is 3.13. The van der Waals surface area contributed by atoms with Crippen LogP contribution in [0.15, 0.2) is 46.7 Å². The first-order valence-corrected chi connectivity index (χ1v) is 8.77. The average molecular weight is 349 g/mol. The molecule has 1 aliphatic heterocycles. The van der Waals surface area contributed by atoms with Crippen LogP contribution >= 0.6 is 0 Å². The van der Waals surface area contributed by atoms with Gasteiger partial charge in [0, 0.05) is 18.3 Å². The zero-order valence-corrected chi connectivity index (χ0v) is 15.0. The summed E-state index contributed by atoms with van der Waals surface area (Å²) < 4.78 is 0. The molecule has 0 radical (unpaired) electrons. The Morgan fingerprint density at radius 1 is 1.31 bits per heavy atom. The number of pyridine rings is 1. The highest BCUT2D eigenvalue weighted by molar-refractivity contribution is 6.10. The zero-order valence-electron chi connectivity index (χ0n) is 15.0. The molecule has 1 amide bonds. The van der Waals surface area contributed by atoms with E-state index in [0.717, 1.165) is 35.0 Å². The minimum absolute atomic E-state index is 0.0201. The summed E-state index contributed by atoms with van der Waals surface area (Å²) in [6, 6.07) is 7.97. The molecular weight excluding hydrogens is 326 g/mol. The summed E-state index contributed by atoms with van der Waals surface area (Å²) in [5, 5.41) is 12.3. The van der Waals surface area contributed by atoms with E-state index in [0.29, 0.717) is 12.4 Å². The number of amides is 1. The second-order valence-electron chi connectivity index (χ2n) is 6.29. The summed E-state index contributed by atoms with van der Waals surface area (Å²) in [6.07, 6.45) is 7.76. The summed E-state index contributed by atoms with van der Waals surface area (Å²) in [5.41, 5.74) is 1.98. The molecule has 1 aliphatic rings. The third-order valence-corrected chi connectivity index (χ3v) is 4.48. The van der Waals surface area contributed by atoms with Crippen LogP contribution in [0.5, 0.6) is 0 Å². The quantitative estimate of drug-likeness (QED) is 0.642. The lowest BCUT2D eigenvalue weighted by molar-refractivity contribution is -0.117. The van der Waals surface area contributed by atoms with E-state index in [1.165, 1.54) is 12.8 Å². The normalized spacial score (nSPS) is 15.7. The van der Waals surface area contributed by atoms with Crippen molar-refractivity contribution in [3.8, 4) is 0 Å². The Morgan fingerprint density at radius 3 is 2.85 bits per heavy atom. The van der Waals surface area contributed by atoms with Gasteiger partial charge in [-0.15, -0.1) is 0 Å². The van der Waals surface area contributed by atoms with Gasteiger partial charge in [0.1, 0.15) is 5.82 Å². The first-order chi connectivity index (χ1) is 12.7. The Labute approximate surface area is 153 Å². The molecule has 0 unspecified atom stereocenters. The van der Waals surface area contributed by atoms with Crippen LogP contribution in [-0.4, -0.2) is 48.4 Å². The van der Waals surface area contributed by atoms with Gasteiger partial charge in [-0.2, -0.15) is 10.2 Å². The summed E-state index contributed by atoms with van der Waals surface area (Å²) in [5.74, 6) is 0.551. The van der Waals surface area contributed by atoms with Gasteiger partial charge < -0.3 is 5.32 Å². The number of allylic oxidation sites excluding steroid dienone is 2. The van der Waals surface area contributed by atoms with E-state index < -0.39 is 0 Å². The summed E-state index contributed by atoms with van der Waals surface area (Å²) in [6.45, 7) is 7.72. The fourth-order valence-electron chi connectivity index (χ4n) is 3.13. The third-order valence-electron chi connectivity index (χ3n) is 4.48. The fraction of sp³-hybridized carbons (Fsp3) is 0.300. The van der Waals surface area contributed by atoms with Crippen LogP contribution in [0.2, 0.25) is 0 Å². The van der Waals surface area contributed by atoms with Crippen molar-refractivity contribution in [1.82, 2.24) is 9.88 Å². The van der Waals surface area contributed by atoms with Crippen LogP contribution in [0.1, 0.15) is 25.3 Å². The summed E-state index contributed by atoms with van der Waals surface area (Å²) in [7, 11) is 0. The number of nitrogens with one attached hydrogen (secondary N) is 1. The van der Waals surface area contributed by atoms with Crippen LogP contribution in [0.25, 0.3) is 16.3 Å². The number of hydrogen-bond donors (Lipinski definition) is 1. The number of carbonyl (C=O) groups is 1. The minimum Gasteiger partial charge on any atom is -0.310 e. The van der Waals surface area contributed by atoms with Gasteiger partial charge in [-0.3, -0.25) is 9.69 Å². The molecule has 0 spiro atoms. The van der Waals surface area contributed by atoms with Crippen LogP contribution in [0.3, 0.4) is 0 Å². The van der Waals surface area contributed by atoms with E-state index in [1.54, 1.807) is 12.4 Å². The molecule has 0 saturated carbocycles. The maximum absolute atomic E-state index is 12.2. The lowest BCUT2D eigenvalue weighted by Crippen LogP contribution is -2.31. The maximum atomic E-state index is 12.2. The van der Waals surface area contributed by atoms with Crippen LogP contribution < -0.4 is 5.32 Å². The highest BCUT2D eigenvalue weighted by Crippen LogP contribution is 2.22. The SMILES string of the molecule is C=N/N=C\C(=C/C)c1ccc2cnc(NC(=O)CN3CCCC3)cc2c1. The van der Waals surface area contributed by atoms with Crippen molar-refractivity contribution in [1.29, 1.82) is 0 Å². The van der Waals surface area contributed by atoms with E-state index in [1.807, 2.05) is 31.2 Å². The predicted molar refractivity (Wildman–Crippen MR) is 108 cm³/mol. The van der Waals surface area contributed by atoms with Crippen LogP contribution in [-0.2, 0) is 4.79 Å². The Kier molecular flexibility index (Phi) is 5.86. The monoisotopic (exact) mass is 349 g/mol. The molecule has 2 heterocycles. The largest absolute Gasteiger partial charge is 0.310 e. The van der Waals surface area contributed by atoms with Crippen molar-refractivity contribution in [2.24, 2.45) is 10.2 Å². The number of anilines is 1. The number of benzene rings is 1. The van der Waals surface area contributed by atoms with Gasteiger partial charge in [-0.25, -0.2) is 4.98 Å². The lowest BCUT2D eigenvalue weighted by Gasteiger charge is -2.14. The molecule has 3 rings (SSSR count). The third kappa shape index (κ3) is 4.40. The molecule has 26 heavy (non-hydrogen) atoms. The number of likely N-dealkylation sites (tertiary alicyclic amines) is 1. The molecule has 1 aromatic heterocycles. The Bertz CT molecular complexity index is 866. The number of rotatable bonds is 6. The minimum atomic E-state index is -0.0201. The molecular formula is C20H23N5O. The summed E-state index contributed by atoms with van der Waals surface area (Å²) in [4.78, 5) is 18.7. The second kappa shape index (κ2) is 8.49.